The topological polar surface area (TPSA) is 25.4 Å². The van der Waals surface area contributed by atoms with Gasteiger partial charge < -0.3 is 9.64 Å². The first kappa shape index (κ1) is 11.8. The predicted octanol–water partition coefficient (Wildman–Crippen LogP) is 2.68. The van der Waals surface area contributed by atoms with Crippen LogP contribution in [0.4, 0.5) is 5.69 Å². The first-order chi connectivity index (χ1) is 8.88. The van der Waals surface area contributed by atoms with E-state index < -0.39 is 0 Å². The van der Waals surface area contributed by atoms with E-state index in [1.54, 1.807) is 0 Å². The van der Waals surface area contributed by atoms with E-state index in [9.17, 15) is 0 Å². The summed E-state index contributed by atoms with van der Waals surface area (Å²) < 4.78 is 5.60. The van der Waals surface area contributed by atoms with E-state index in [4.69, 9.17) is 16.3 Å². The van der Waals surface area contributed by atoms with Gasteiger partial charge in [0.05, 0.1) is 24.1 Å². The molecule has 4 heteroatoms. The third-order valence-corrected chi connectivity index (χ3v) is 3.62. The van der Waals surface area contributed by atoms with Crippen molar-refractivity contribution in [2.75, 3.05) is 30.5 Å². The smallest absolute Gasteiger partial charge is 0.0885 e. The molecule has 1 atom stereocenters. The molecule has 1 aromatic heterocycles. The number of halogens is 1. The number of aromatic nitrogens is 1. The second kappa shape index (κ2) is 5.12. The molecule has 0 aliphatic carbocycles. The molecule has 0 spiro atoms. The highest BCUT2D eigenvalue weighted by atomic mass is 35.5. The molecule has 0 saturated carbocycles. The van der Waals surface area contributed by atoms with Gasteiger partial charge in [-0.2, -0.15) is 0 Å². The molecule has 18 heavy (non-hydrogen) atoms. The molecule has 3 nitrogen and oxygen atoms in total. The fourth-order valence-corrected chi connectivity index (χ4v) is 2.57. The number of morpholine rings is 1. The second-order valence-electron chi connectivity index (χ2n) is 4.44. The Morgan fingerprint density at radius 2 is 2.22 bits per heavy atom. The summed E-state index contributed by atoms with van der Waals surface area (Å²) in [5.74, 6) is 0.541. The summed E-state index contributed by atoms with van der Waals surface area (Å²) in [7, 11) is 0. The molecular weight excluding hydrogens is 248 g/mol. The molecule has 1 fully saturated rings. The Bertz CT molecular complexity index is 541. The van der Waals surface area contributed by atoms with Gasteiger partial charge in [-0.05, 0) is 12.1 Å². The maximum atomic E-state index is 5.89. The van der Waals surface area contributed by atoms with Crippen LogP contribution < -0.4 is 4.90 Å². The largest absolute Gasteiger partial charge is 0.373 e. The third kappa shape index (κ3) is 2.16. The Kier molecular flexibility index (Phi) is 3.35. The van der Waals surface area contributed by atoms with Gasteiger partial charge in [-0.25, -0.2) is 0 Å². The number of benzene rings is 1. The van der Waals surface area contributed by atoms with Crippen molar-refractivity contribution in [3.8, 4) is 0 Å². The zero-order valence-corrected chi connectivity index (χ0v) is 10.8. The van der Waals surface area contributed by atoms with E-state index in [1.807, 2.05) is 24.4 Å². The summed E-state index contributed by atoms with van der Waals surface area (Å²) >= 11 is 5.89. The molecule has 1 saturated heterocycles. The first-order valence-corrected chi connectivity index (χ1v) is 6.68. The zero-order valence-electron chi connectivity index (χ0n) is 10.1. The average Bonchev–Trinajstić information content (AvgIpc) is 2.47. The molecule has 2 heterocycles. The Morgan fingerprint density at radius 1 is 1.33 bits per heavy atom. The fourth-order valence-electron chi connectivity index (χ4n) is 2.39. The molecule has 1 aromatic carbocycles. The predicted molar refractivity (Wildman–Crippen MR) is 74.4 cm³/mol. The number of hydrogen-bond acceptors (Lipinski definition) is 3. The van der Waals surface area contributed by atoms with Crippen molar-refractivity contribution in [3.63, 3.8) is 0 Å². The lowest BCUT2D eigenvalue weighted by atomic mass is 10.1. The number of anilines is 1. The Balaban J connectivity index is 1.98. The maximum absolute atomic E-state index is 5.89. The van der Waals surface area contributed by atoms with Gasteiger partial charge in [-0.15, -0.1) is 11.6 Å². The molecule has 94 valence electrons. The number of ether oxygens (including phenoxy) is 1. The molecule has 0 bridgehead atoms. The lowest BCUT2D eigenvalue weighted by Crippen LogP contribution is -2.43. The van der Waals surface area contributed by atoms with Crippen LogP contribution in [0.15, 0.2) is 36.5 Å². The molecule has 1 aliphatic heterocycles. The van der Waals surface area contributed by atoms with Crippen LogP contribution in [0.3, 0.4) is 0 Å². The van der Waals surface area contributed by atoms with Crippen LogP contribution >= 0.6 is 11.6 Å². The van der Waals surface area contributed by atoms with Crippen LogP contribution in [0.25, 0.3) is 10.9 Å². The molecule has 3 rings (SSSR count). The Labute approximate surface area is 111 Å². The van der Waals surface area contributed by atoms with Gasteiger partial charge in [0, 0.05) is 30.4 Å². The highest BCUT2D eigenvalue weighted by molar-refractivity contribution is 6.18. The summed E-state index contributed by atoms with van der Waals surface area (Å²) in [5.41, 5.74) is 2.25. The van der Waals surface area contributed by atoms with Crippen LogP contribution in [-0.4, -0.2) is 36.7 Å². The van der Waals surface area contributed by atoms with E-state index in [0.717, 1.165) is 25.2 Å². The van der Waals surface area contributed by atoms with Crippen molar-refractivity contribution in [1.29, 1.82) is 0 Å². The summed E-state index contributed by atoms with van der Waals surface area (Å²) in [4.78, 5) is 6.73. The highest BCUT2D eigenvalue weighted by Crippen LogP contribution is 2.26. The number of rotatable bonds is 2. The Morgan fingerprint density at radius 3 is 3.11 bits per heavy atom. The SMILES string of the molecule is ClCC1CN(c2ccnc3ccccc23)CCO1. The summed E-state index contributed by atoms with van der Waals surface area (Å²) in [6.45, 7) is 2.48. The fraction of sp³-hybridized carbons (Fsp3) is 0.357. The van der Waals surface area contributed by atoms with Crippen molar-refractivity contribution in [2.24, 2.45) is 0 Å². The molecule has 1 aliphatic rings. The minimum absolute atomic E-state index is 0.118. The van der Waals surface area contributed by atoms with Crippen LogP contribution in [0.5, 0.6) is 0 Å². The molecule has 0 amide bonds. The van der Waals surface area contributed by atoms with Crippen molar-refractivity contribution >= 4 is 28.2 Å². The van der Waals surface area contributed by atoms with Gasteiger partial charge in [0.15, 0.2) is 0 Å². The highest BCUT2D eigenvalue weighted by Gasteiger charge is 2.21. The van der Waals surface area contributed by atoms with E-state index in [-0.39, 0.29) is 6.10 Å². The third-order valence-electron chi connectivity index (χ3n) is 3.28. The molecular formula is C14H15ClN2O. The van der Waals surface area contributed by atoms with Crippen molar-refractivity contribution < 1.29 is 4.74 Å². The maximum Gasteiger partial charge on any atom is 0.0885 e. The van der Waals surface area contributed by atoms with Crippen LogP contribution in [0, 0.1) is 0 Å². The van der Waals surface area contributed by atoms with Gasteiger partial charge in [-0.3, -0.25) is 4.98 Å². The zero-order chi connectivity index (χ0) is 12.4. The van der Waals surface area contributed by atoms with Gasteiger partial charge >= 0.3 is 0 Å². The summed E-state index contributed by atoms with van der Waals surface area (Å²) in [5, 5.41) is 1.19. The van der Waals surface area contributed by atoms with Gasteiger partial charge in [0.25, 0.3) is 0 Å². The van der Waals surface area contributed by atoms with Crippen molar-refractivity contribution in [3.05, 3.63) is 36.5 Å². The van der Waals surface area contributed by atoms with Crippen molar-refractivity contribution in [2.45, 2.75) is 6.10 Å². The molecule has 1 unspecified atom stereocenters. The Hall–Kier alpha value is -1.32. The van der Waals surface area contributed by atoms with Crippen LogP contribution in [0.1, 0.15) is 0 Å². The normalized spacial score (nSPS) is 20.3. The number of para-hydroxylation sites is 1. The van der Waals surface area contributed by atoms with E-state index in [0.29, 0.717) is 5.88 Å². The minimum atomic E-state index is 0.118. The number of fused-ring (bicyclic) bond motifs is 1. The average molecular weight is 263 g/mol. The number of alkyl halides is 1. The van der Waals surface area contributed by atoms with Crippen LogP contribution in [-0.2, 0) is 4.74 Å². The second-order valence-corrected chi connectivity index (χ2v) is 4.75. The lowest BCUT2D eigenvalue weighted by molar-refractivity contribution is 0.0555. The molecule has 2 aromatic rings. The molecule has 0 radical (unpaired) electrons. The number of hydrogen-bond donors (Lipinski definition) is 0. The van der Waals surface area contributed by atoms with Gasteiger partial charge in [0.2, 0.25) is 0 Å². The summed E-state index contributed by atoms with van der Waals surface area (Å²) in [6, 6.07) is 10.3. The van der Waals surface area contributed by atoms with E-state index >= 15 is 0 Å². The van der Waals surface area contributed by atoms with Crippen LogP contribution in [0.2, 0.25) is 0 Å². The van der Waals surface area contributed by atoms with E-state index in [1.165, 1.54) is 11.1 Å². The monoisotopic (exact) mass is 262 g/mol. The summed E-state index contributed by atoms with van der Waals surface area (Å²) in [6.07, 6.45) is 1.98. The van der Waals surface area contributed by atoms with Gasteiger partial charge in [-0.1, -0.05) is 18.2 Å². The lowest BCUT2D eigenvalue weighted by Gasteiger charge is -2.34. The number of pyridine rings is 1. The van der Waals surface area contributed by atoms with Gasteiger partial charge in [0.1, 0.15) is 0 Å². The standard InChI is InChI=1S/C14H15ClN2O/c15-9-11-10-17(7-8-18-11)14-5-6-16-13-4-2-1-3-12(13)14/h1-6,11H,7-10H2. The number of nitrogens with zero attached hydrogens (tertiary/aromatic N) is 2. The minimum Gasteiger partial charge on any atom is -0.373 e. The first-order valence-electron chi connectivity index (χ1n) is 6.15. The van der Waals surface area contributed by atoms with E-state index in [2.05, 4.69) is 22.0 Å². The van der Waals surface area contributed by atoms with Crippen molar-refractivity contribution in [1.82, 2.24) is 4.98 Å². The molecule has 0 N–H and O–H groups in total. The quantitative estimate of drug-likeness (QED) is 0.778.